The third-order valence-corrected chi connectivity index (χ3v) is 5.09. The topological polar surface area (TPSA) is 0 Å². The van der Waals surface area contributed by atoms with Crippen LogP contribution >= 0.6 is 15.9 Å². The lowest BCUT2D eigenvalue weighted by Crippen LogP contribution is -2.23. The zero-order chi connectivity index (χ0) is 13.1. The van der Waals surface area contributed by atoms with E-state index in [2.05, 4.69) is 22.9 Å². The van der Waals surface area contributed by atoms with Gasteiger partial charge in [-0.05, 0) is 42.7 Å². The Balaban J connectivity index is 1.98. The Kier molecular flexibility index (Phi) is 4.77. The molecule has 1 fully saturated rings. The SMILES string of the molecule is CC1CCC(C(Br)Cc2cccc(F)c2F)CC1. The molecule has 0 radical (unpaired) electrons. The molecule has 0 spiro atoms. The molecular formula is C15H19BrF2. The molecule has 1 aliphatic carbocycles. The maximum Gasteiger partial charge on any atom is 0.162 e. The van der Waals surface area contributed by atoms with Crippen LogP contribution < -0.4 is 0 Å². The third kappa shape index (κ3) is 3.31. The molecule has 0 aromatic heterocycles. The summed E-state index contributed by atoms with van der Waals surface area (Å²) in [5.41, 5.74) is 0.482. The van der Waals surface area contributed by atoms with Crippen molar-refractivity contribution in [2.24, 2.45) is 11.8 Å². The van der Waals surface area contributed by atoms with Gasteiger partial charge in [-0.3, -0.25) is 0 Å². The Labute approximate surface area is 116 Å². The predicted molar refractivity (Wildman–Crippen MR) is 73.9 cm³/mol. The standard InChI is InChI=1S/C15H19BrF2/c1-10-5-7-11(8-6-10)13(16)9-12-3-2-4-14(17)15(12)18/h2-4,10-11,13H,5-9H2,1H3. The average Bonchev–Trinajstić information content (AvgIpc) is 2.36. The Bertz CT molecular complexity index is 397. The molecule has 0 bridgehead atoms. The third-order valence-electron chi connectivity index (χ3n) is 4.02. The van der Waals surface area contributed by atoms with E-state index in [-0.39, 0.29) is 4.83 Å². The van der Waals surface area contributed by atoms with Crippen molar-refractivity contribution in [3.05, 3.63) is 35.4 Å². The molecule has 0 N–H and O–H groups in total. The van der Waals surface area contributed by atoms with E-state index in [9.17, 15) is 8.78 Å². The first-order valence-electron chi connectivity index (χ1n) is 6.65. The van der Waals surface area contributed by atoms with E-state index < -0.39 is 11.6 Å². The normalized spacial score (nSPS) is 26.0. The molecule has 0 nitrogen and oxygen atoms in total. The van der Waals surface area contributed by atoms with E-state index in [1.165, 1.54) is 31.7 Å². The monoisotopic (exact) mass is 316 g/mol. The van der Waals surface area contributed by atoms with Gasteiger partial charge in [-0.1, -0.05) is 47.8 Å². The molecule has 1 aromatic carbocycles. The minimum atomic E-state index is -0.746. The minimum Gasteiger partial charge on any atom is -0.204 e. The van der Waals surface area contributed by atoms with Crippen LogP contribution in [0.5, 0.6) is 0 Å². The molecule has 3 heteroatoms. The van der Waals surface area contributed by atoms with Crippen LogP contribution in [0.25, 0.3) is 0 Å². The summed E-state index contributed by atoms with van der Waals surface area (Å²) >= 11 is 3.67. The van der Waals surface area contributed by atoms with Gasteiger partial charge < -0.3 is 0 Å². The van der Waals surface area contributed by atoms with E-state index in [4.69, 9.17) is 0 Å². The van der Waals surface area contributed by atoms with Gasteiger partial charge in [-0.2, -0.15) is 0 Å². The first-order valence-corrected chi connectivity index (χ1v) is 7.56. The molecule has 0 heterocycles. The van der Waals surface area contributed by atoms with Crippen LogP contribution in [0, 0.1) is 23.5 Å². The van der Waals surface area contributed by atoms with E-state index in [1.807, 2.05) is 0 Å². The number of hydrogen-bond acceptors (Lipinski definition) is 0. The van der Waals surface area contributed by atoms with Gasteiger partial charge in [0.05, 0.1) is 0 Å². The molecule has 1 aromatic rings. The Morgan fingerprint density at radius 2 is 1.89 bits per heavy atom. The maximum absolute atomic E-state index is 13.6. The zero-order valence-electron chi connectivity index (χ0n) is 10.6. The summed E-state index contributed by atoms with van der Waals surface area (Å²) < 4.78 is 26.7. The van der Waals surface area contributed by atoms with E-state index in [0.717, 1.165) is 5.92 Å². The van der Waals surface area contributed by atoms with Crippen LogP contribution in [0.3, 0.4) is 0 Å². The predicted octanol–water partition coefficient (Wildman–Crippen LogP) is 5.10. The van der Waals surface area contributed by atoms with Crippen molar-refractivity contribution in [3.8, 4) is 0 Å². The number of hydrogen-bond donors (Lipinski definition) is 0. The number of benzene rings is 1. The van der Waals surface area contributed by atoms with Crippen LogP contribution in [-0.4, -0.2) is 4.83 Å². The molecule has 0 saturated heterocycles. The van der Waals surface area contributed by atoms with Crippen molar-refractivity contribution in [3.63, 3.8) is 0 Å². The van der Waals surface area contributed by atoms with Crippen molar-refractivity contribution < 1.29 is 8.78 Å². The van der Waals surface area contributed by atoms with Crippen molar-refractivity contribution in [2.45, 2.75) is 43.9 Å². The molecule has 1 unspecified atom stereocenters. The van der Waals surface area contributed by atoms with Gasteiger partial charge >= 0.3 is 0 Å². The molecule has 1 atom stereocenters. The Morgan fingerprint density at radius 3 is 2.56 bits per heavy atom. The zero-order valence-corrected chi connectivity index (χ0v) is 12.2. The van der Waals surface area contributed by atoms with Gasteiger partial charge in [-0.15, -0.1) is 0 Å². The van der Waals surface area contributed by atoms with Gasteiger partial charge in [0.25, 0.3) is 0 Å². The van der Waals surface area contributed by atoms with E-state index in [1.54, 1.807) is 12.1 Å². The summed E-state index contributed by atoms with van der Waals surface area (Å²) in [6.07, 6.45) is 5.45. The largest absolute Gasteiger partial charge is 0.204 e. The van der Waals surface area contributed by atoms with E-state index >= 15 is 0 Å². The summed E-state index contributed by atoms with van der Waals surface area (Å²) in [7, 11) is 0. The second-order valence-corrected chi connectivity index (χ2v) is 6.63. The van der Waals surface area contributed by atoms with E-state index in [0.29, 0.717) is 17.9 Å². The van der Waals surface area contributed by atoms with Crippen molar-refractivity contribution in [1.29, 1.82) is 0 Å². The molecule has 2 rings (SSSR count). The van der Waals surface area contributed by atoms with Gasteiger partial charge in [0.15, 0.2) is 11.6 Å². The summed E-state index contributed by atoms with van der Waals surface area (Å²) in [4.78, 5) is 0.251. The molecular weight excluding hydrogens is 298 g/mol. The lowest BCUT2D eigenvalue weighted by atomic mass is 9.80. The summed E-state index contributed by atoms with van der Waals surface area (Å²) in [5.74, 6) is -0.0358. The van der Waals surface area contributed by atoms with Crippen molar-refractivity contribution >= 4 is 15.9 Å². The molecule has 100 valence electrons. The molecule has 1 saturated carbocycles. The fraction of sp³-hybridized carbons (Fsp3) is 0.600. The molecule has 18 heavy (non-hydrogen) atoms. The Morgan fingerprint density at radius 1 is 1.22 bits per heavy atom. The van der Waals surface area contributed by atoms with Crippen LogP contribution in [0.4, 0.5) is 8.78 Å². The highest BCUT2D eigenvalue weighted by Gasteiger charge is 2.25. The van der Waals surface area contributed by atoms with Crippen LogP contribution in [0.1, 0.15) is 38.2 Å². The fourth-order valence-corrected chi connectivity index (χ4v) is 3.61. The number of halogens is 3. The van der Waals surface area contributed by atoms with Gasteiger partial charge in [0.2, 0.25) is 0 Å². The van der Waals surface area contributed by atoms with Crippen LogP contribution in [-0.2, 0) is 6.42 Å². The lowest BCUT2D eigenvalue weighted by Gasteiger charge is -2.29. The first kappa shape index (κ1) is 14.0. The summed E-state index contributed by atoms with van der Waals surface area (Å²) in [5, 5.41) is 0. The number of rotatable bonds is 3. The van der Waals surface area contributed by atoms with Gasteiger partial charge in [0.1, 0.15) is 0 Å². The maximum atomic E-state index is 13.6. The average molecular weight is 317 g/mol. The summed E-state index contributed by atoms with van der Waals surface area (Å²) in [6.45, 7) is 2.28. The number of alkyl halides is 1. The summed E-state index contributed by atoms with van der Waals surface area (Å²) in [6, 6.07) is 4.43. The highest BCUT2D eigenvalue weighted by Crippen LogP contribution is 2.34. The molecule has 0 aliphatic heterocycles. The molecule has 1 aliphatic rings. The fourth-order valence-electron chi connectivity index (χ4n) is 2.73. The smallest absolute Gasteiger partial charge is 0.162 e. The van der Waals surface area contributed by atoms with Gasteiger partial charge in [-0.25, -0.2) is 8.78 Å². The minimum absolute atomic E-state index is 0.251. The van der Waals surface area contributed by atoms with Gasteiger partial charge in [0, 0.05) is 4.83 Å². The van der Waals surface area contributed by atoms with Crippen molar-refractivity contribution in [1.82, 2.24) is 0 Å². The molecule has 0 amide bonds. The van der Waals surface area contributed by atoms with Crippen molar-refractivity contribution in [2.75, 3.05) is 0 Å². The first-order chi connectivity index (χ1) is 8.58. The lowest BCUT2D eigenvalue weighted by molar-refractivity contribution is 0.285. The highest BCUT2D eigenvalue weighted by molar-refractivity contribution is 9.09. The quantitative estimate of drug-likeness (QED) is 0.681. The highest BCUT2D eigenvalue weighted by atomic mass is 79.9. The van der Waals surface area contributed by atoms with Crippen LogP contribution in [0.2, 0.25) is 0 Å². The second kappa shape index (κ2) is 6.14. The Hall–Kier alpha value is -0.440. The van der Waals surface area contributed by atoms with Crippen LogP contribution in [0.15, 0.2) is 18.2 Å². The second-order valence-electron chi connectivity index (χ2n) is 5.45.